The molecule has 0 aromatic heterocycles. The minimum absolute atomic E-state index is 0. The summed E-state index contributed by atoms with van der Waals surface area (Å²) in [7, 11) is 0. The maximum atomic E-state index is 12.6. The summed E-state index contributed by atoms with van der Waals surface area (Å²) < 4.78 is 0. The SMILES string of the molecule is Cl.Cl.Cl.O=C(O)CCC1CCN(C(=O)CN2CCN(C3CCNCC3)CC2)CC1. The molecule has 3 rings (SSSR count). The number of carbonyl (C=O) groups excluding carboxylic acids is 1. The van der Waals surface area contributed by atoms with Gasteiger partial charge in [0, 0.05) is 51.7 Å². The molecule has 1 amide bonds. The highest BCUT2D eigenvalue weighted by molar-refractivity contribution is 5.86. The van der Waals surface area contributed by atoms with Crippen molar-refractivity contribution in [3.8, 4) is 0 Å². The number of nitrogens with zero attached hydrogens (tertiary/aromatic N) is 3. The standard InChI is InChI=1S/C19H34N4O3.3ClH/c24-18(23-9-5-16(6-10-23)1-2-19(25)26)15-21-11-13-22(14-12-21)17-3-7-20-8-4-17;;;/h16-17,20H,1-15H2,(H,25,26);3*1H. The number of hydrogen-bond acceptors (Lipinski definition) is 5. The van der Waals surface area contributed by atoms with Crippen LogP contribution >= 0.6 is 37.2 Å². The first-order valence-corrected chi connectivity index (χ1v) is 10.3. The quantitative estimate of drug-likeness (QED) is 0.609. The molecule has 7 nitrogen and oxygen atoms in total. The van der Waals surface area contributed by atoms with Crippen LogP contribution in [-0.4, -0.2) is 96.6 Å². The molecule has 0 atom stereocenters. The van der Waals surface area contributed by atoms with Crippen molar-refractivity contribution in [2.45, 2.75) is 44.6 Å². The third-order valence-corrected chi connectivity index (χ3v) is 6.32. The van der Waals surface area contributed by atoms with E-state index in [2.05, 4.69) is 15.1 Å². The van der Waals surface area contributed by atoms with Crippen LogP contribution in [0.2, 0.25) is 0 Å². The molecule has 0 spiro atoms. The zero-order valence-electron chi connectivity index (χ0n) is 17.1. The Morgan fingerprint density at radius 1 is 0.862 bits per heavy atom. The normalized spacial score (nSPS) is 22.1. The van der Waals surface area contributed by atoms with E-state index in [0.717, 1.165) is 77.7 Å². The molecule has 3 aliphatic rings. The van der Waals surface area contributed by atoms with E-state index < -0.39 is 5.97 Å². The fourth-order valence-corrected chi connectivity index (χ4v) is 4.55. The summed E-state index contributed by atoms with van der Waals surface area (Å²) in [4.78, 5) is 30.2. The predicted molar refractivity (Wildman–Crippen MR) is 122 cm³/mol. The predicted octanol–water partition coefficient (Wildman–Crippen LogP) is 1.72. The highest BCUT2D eigenvalue weighted by Crippen LogP contribution is 2.22. The Morgan fingerprint density at radius 3 is 2.00 bits per heavy atom. The van der Waals surface area contributed by atoms with Gasteiger partial charge >= 0.3 is 5.97 Å². The number of carboxylic acids is 1. The fourth-order valence-electron chi connectivity index (χ4n) is 4.55. The second-order valence-corrected chi connectivity index (χ2v) is 8.05. The van der Waals surface area contributed by atoms with Gasteiger partial charge in [-0.1, -0.05) is 0 Å². The molecule has 29 heavy (non-hydrogen) atoms. The van der Waals surface area contributed by atoms with Gasteiger partial charge in [0.25, 0.3) is 0 Å². The summed E-state index contributed by atoms with van der Waals surface area (Å²) in [5.41, 5.74) is 0. The molecule has 0 unspecified atom stereocenters. The van der Waals surface area contributed by atoms with E-state index in [9.17, 15) is 9.59 Å². The molecule has 172 valence electrons. The van der Waals surface area contributed by atoms with Gasteiger partial charge in [0.05, 0.1) is 6.54 Å². The summed E-state index contributed by atoms with van der Waals surface area (Å²) in [5, 5.41) is 12.2. The van der Waals surface area contributed by atoms with E-state index in [-0.39, 0.29) is 49.5 Å². The van der Waals surface area contributed by atoms with Crippen molar-refractivity contribution in [2.24, 2.45) is 5.92 Å². The second-order valence-electron chi connectivity index (χ2n) is 8.05. The Labute approximate surface area is 193 Å². The Bertz CT molecular complexity index is 479. The van der Waals surface area contributed by atoms with E-state index >= 15 is 0 Å². The van der Waals surface area contributed by atoms with Gasteiger partial charge in [-0.3, -0.25) is 19.4 Å². The maximum absolute atomic E-state index is 12.6. The Kier molecular flexibility index (Phi) is 14.5. The first-order valence-electron chi connectivity index (χ1n) is 10.3. The van der Waals surface area contributed by atoms with Crippen LogP contribution in [0.25, 0.3) is 0 Å². The summed E-state index contributed by atoms with van der Waals surface area (Å²) in [6.07, 6.45) is 5.38. The minimum Gasteiger partial charge on any atom is -0.481 e. The van der Waals surface area contributed by atoms with Crippen LogP contribution in [0.3, 0.4) is 0 Å². The molecule has 0 aromatic rings. The van der Waals surface area contributed by atoms with Gasteiger partial charge in [0.2, 0.25) is 5.91 Å². The molecule has 0 bridgehead atoms. The summed E-state index contributed by atoms with van der Waals surface area (Å²) in [5.74, 6) is -0.00665. The number of carbonyl (C=O) groups is 2. The summed E-state index contributed by atoms with van der Waals surface area (Å²) >= 11 is 0. The molecule has 10 heteroatoms. The monoisotopic (exact) mass is 474 g/mol. The van der Waals surface area contributed by atoms with Crippen LogP contribution in [0.1, 0.15) is 38.5 Å². The number of piperidine rings is 2. The van der Waals surface area contributed by atoms with Crippen molar-refractivity contribution in [2.75, 3.05) is 58.9 Å². The Balaban J connectivity index is 0.00000261. The molecule has 0 saturated carbocycles. The Morgan fingerprint density at radius 2 is 1.45 bits per heavy atom. The number of rotatable bonds is 6. The van der Waals surface area contributed by atoms with Crippen molar-refractivity contribution in [3.05, 3.63) is 0 Å². The topological polar surface area (TPSA) is 76.1 Å². The number of aliphatic carboxylic acids is 1. The van der Waals surface area contributed by atoms with E-state index in [4.69, 9.17) is 5.11 Å². The lowest BCUT2D eigenvalue weighted by Gasteiger charge is -2.41. The van der Waals surface area contributed by atoms with E-state index in [1.165, 1.54) is 12.8 Å². The molecule has 3 heterocycles. The highest BCUT2D eigenvalue weighted by atomic mass is 35.5. The number of carboxylic acid groups (broad SMARTS) is 1. The molecular weight excluding hydrogens is 439 g/mol. The van der Waals surface area contributed by atoms with Gasteiger partial charge < -0.3 is 15.3 Å². The number of hydrogen-bond donors (Lipinski definition) is 2. The van der Waals surface area contributed by atoms with Gasteiger partial charge in [-0.2, -0.15) is 0 Å². The molecule has 3 aliphatic heterocycles. The second kappa shape index (κ2) is 14.7. The lowest BCUT2D eigenvalue weighted by Crippen LogP contribution is -2.54. The third-order valence-electron chi connectivity index (χ3n) is 6.32. The number of amides is 1. The highest BCUT2D eigenvalue weighted by Gasteiger charge is 2.28. The van der Waals surface area contributed by atoms with Crippen molar-refractivity contribution in [3.63, 3.8) is 0 Å². The van der Waals surface area contributed by atoms with E-state index in [1.54, 1.807) is 0 Å². The molecule has 0 aromatic carbocycles. The van der Waals surface area contributed by atoms with Gasteiger partial charge in [0.1, 0.15) is 0 Å². The lowest BCUT2D eigenvalue weighted by molar-refractivity contribution is -0.138. The van der Waals surface area contributed by atoms with Gasteiger partial charge in [0.15, 0.2) is 0 Å². The molecule has 0 aliphatic carbocycles. The van der Waals surface area contributed by atoms with Crippen LogP contribution in [0.15, 0.2) is 0 Å². The van der Waals surface area contributed by atoms with Crippen LogP contribution in [0.5, 0.6) is 0 Å². The number of halogens is 3. The molecule has 3 fully saturated rings. The van der Waals surface area contributed by atoms with Crippen LogP contribution in [0, 0.1) is 5.92 Å². The zero-order chi connectivity index (χ0) is 18.4. The smallest absolute Gasteiger partial charge is 0.303 e. The Hall–Kier alpha value is -0.310. The molecular formula is C19H37Cl3N4O3. The van der Waals surface area contributed by atoms with Crippen molar-refractivity contribution >= 4 is 49.1 Å². The third kappa shape index (κ3) is 9.15. The van der Waals surface area contributed by atoms with Crippen LogP contribution in [-0.2, 0) is 9.59 Å². The largest absolute Gasteiger partial charge is 0.481 e. The lowest BCUT2D eigenvalue weighted by atomic mass is 9.92. The number of likely N-dealkylation sites (tertiary alicyclic amines) is 1. The van der Waals surface area contributed by atoms with Gasteiger partial charge in [-0.05, 0) is 51.1 Å². The average molecular weight is 476 g/mol. The minimum atomic E-state index is -0.716. The van der Waals surface area contributed by atoms with Gasteiger partial charge in [-0.25, -0.2) is 0 Å². The molecule has 3 saturated heterocycles. The number of nitrogens with one attached hydrogen (secondary N) is 1. The molecule has 0 radical (unpaired) electrons. The first kappa shape index (κ1) is 28.7. The summed E-state index contributed by atoms with van der Waals surface area (Å²) in [6.45, 7) is 8.52. The van der Waals surface area contributed by atoms with Crippen LogP contribution < -0.4 is 5.32 Å². The van der Waals surface area contributed by atoms with Crippen molar-refractivity contribution < 1.29 is 14.7 Å². The zero-order valence-corrected chi connectivity index (χ0v) is 19.5. The summed E-state index contributed by atoms with van der Waals surface area (Å²) in [6, 6.07) is 0.721. The van der Waals surface area contributed by atoms with Gasteiger partial charge in [-0.15, -0.1) is 37.2 Å². The molecule has 2 N–H and O–H groups in total. The average Bonchev–Trinajstić information content (AvgIpc) is 2.68. The fraction of sp³-hybridized carbons (Fsp3) is 0.895. The van der Waals surface area contributed by atoms with E-state index in [1.807, 2.05) is 4.90 Å². The van der Waals surface area contributed by atoms with Crippen molar-refractivity contribution in [1.82, 2.24) is 20.0 Å². The first-order chi connectivity index (χ1) is 12.6. The van der Waals surface area contributed by atoms with E-state index in [0.29, 0.717) is 12.5 Å². The number of piperazine rings is 1. The van der Waals surface area contributed by atoms with Crippen LogP contribution in [0.4, 0.5) is 0 Å². The van der Waals surface area contributed by atoms with Crippen molar-refractivity contribution in [1.29, 1.82) is 0 Å². The maximum Gasteiger partial charge on any atom is 0.303 e.